The summed E-state index contributed by atoms with van der Waals surface area (Å²) in [6.45, 7) is 0.365. The lowest BCUT2D eigenvalue weighted by Gasteiger charge is -2.08. The van der Waals surface area contributed by atoms with Crippen molar-refractivity contribution < 1.29 is 9.13 Å². The van der Waals surface area contributed by atoms with Crippen LogP contribution in [0, 0.1) is 5.82 Å². The maximum absolute atomic E-state index is 13.2. The molecule has 0 bridgehead atoms. The second-order valence-electron chi connectivity index (χ2n) is 2.58. The van der Waals surface area contributed by atoms with Crippen molar-refractivity contribution in [3.63, 3.8) is 0 Å². The molecule has 0 saturated carbocycles. The molecule has 4 heteroatoms. The van der Waals surface area contributed by atoms with E-state index in [-0.39, 0.29) is 5.82 Å². The zero-order valence-corrected chi connectivity index (χ0v) is 8.07. The van der Waals surface area contributed by atoms with E-state index in [1.807, 2.05) is 0 Å². The van der Waals surface area contributed by atoms with Crippen molar-refractivity contribution in [2.45, 2.75) is 6.42 Å². The molecule has 0 heterocycles. The van der Waals surface area contributed by atoms with Gasteiger partial charge in [0.15, 0.2) is 0 Å². The van der Waals surface area contributed by atoms with Crippen LogP contribution >= 0.6 is 11.6 Å². The highest BCUT2D eigenvalue weighted by Crippen LogP contribution is 2.29. The van der Waals surface area contributed by atoms with Gasteiger partial charge in [0.25, 0.3) is 0 Å². The van der Waals surface area contributed by atoms with E-state index >= 15 is 0 Å². The largest absolute Gasteiger partial charge is 0.495 e. The van der Waals surface area contributed by atoms with Crippen molar-refractivity contribution in [2.24, 2.45) is 5.73 Å². The molecule has 0 aliphatic carbocycles. The Morgan fingerprint density at radius 1 is 1.54 bits per heavy atom. The van der Waals surface area contributed by atoms with Crippen LogP contribution in [-0.4, -0.2) is 13.7 Å². The molecule has 0 unspecified atom stereocenters. The Kier molecular flexibility index (Phi) is 3.51. The molecule has 0 aliphatic heterocycles. The monoisotopic (exact) mass is 203 g/mol. The Morgan fingerprint density at radius 3 is 2.77 bits per heavy atom. The number of hydrogen-bond acceptors (Lipinski definition) is 2. The van der Waals surface area contributed by atoms with Gasteiger partial charge < -0.3 is 10.5 Å². The maximum Gasteiger partial charge on any atom is 0.137 e. The van der Waals surface area contributed by atoms with Crippen LogP contribution in [0.2, 0.25) is 5.02 Å². The fourth-order valence-corrected chi connectivity index (χ4v) is 1.43. The van der Waals surface area contributed by atoms with Gasteiger partial charge in [0.2, 0.25) is 0 Å². The van der Waals surface area contributed by atoms with Crippen molar-refractivity contribution in [2.75, 3.05) is 13.7 Å². The average molecular weight is 204 g/mol. The SMILES string of the molecule is COc1ccc(F)c(CCN)c1Cl. The third kappa shape index (κ3) is 2.11. The molecule has 1 aromatic rings. The molecule has 0 amide bonds. The minimum absolute atomic E-state index is 0.313. The summed E-state index contributed by atoms with van der Waals surface area (Å²) in [5.41, 5.74) is 5.74. The molecular weight excluding hydrogens is 193 g/mol. The number of benzene rings is 1. The number of halogens is 2. The van der Waals surface area contributed by atoms with Crippen molar-refractivity contribution in [3.8, 4) is 5.75 Å². The summed E-state index contributed by atoms with van der Waals surface area (Å²) in [5, 5.41) is 0.313. The Balaban J connectivity index is 3.13. The lowest BCUT2D eigenvalue weighted by atomic mass is 10.1. The Labute approximate surface area is 81.4 Å². The third-order valence-electron chi connectivity index (χ3n) is 1.76. The molecule has 0 aromatic heterocycles. The van der Waals surface area contributed by atoms with E-state index in [9.17, 15) is 4.39 Å². The molecule has 0 fully saturated rings. The number of hydrogen-bond donors (Lipinski definition) is 1. The van der Waals surface area contributed by atoms with Gasteiger partial charge in [-0.3, -0.25) is 0 Å². The molecule has 0 saturated heterocycles. The second kappa shape index (κ2) is 4.44. The summed E-state index contributed by atoms with van der Waals surface area (Å²) in [7, 11) is 1.49. The van der Waals surface area contributed by atoms with Gasteiger partial charge in [-0.2, -0.15) is 0 Å². The zero-order chi connectivity index (χ0) is 9.84. The van der Waals surface area contributed by atoms with E-state index in [1.54, 1.807) is 0 Å². The van der Waals surface area contributed by atoms with Gasteiger partial charge in [-0.25, -0.2) is 4.39 Å². The quantitative estimate of drug-likeness (QED) is 0.816. The van der Waals surface area contributed by atoms with Crippen molar-refractivity contribution >= 4 is 11.6 Å². The first-order chi connectivity index (χ1) is 6.20. The Hall–Kier alpha value is -0.800. The molecule has 0 radical (unpaired) electrons. The lowest BCUT2D eigenvalue weighted by Crippen LogP contribution is -2.05. The summed E-state index contributed by atoms with van der Waals surface area (Å²) < 4.78 is 18.1. The summed E-state index contributed by atoms with van der Waals surface area (Å²) in [6, 6.07) is 2.83. The third-order valence-corrected chi connectivity index (χ3v) is 2.18. The highest BCUT2D eigenvalue weighted by molar-refractivity contribution is 6.32. The van der Waals surface area contributed by atoms with Crippen LogP contribution in [0.15, 0.2) is 12.1 Å². The van der Waals surface area contributed by atoms with Gasteiger partial charge in [-0.15, -0.1) is 0 Å². The topological polar surface area (TPSA) is 35.2 Å². The van der Waals surface area contributed by atoms with Gasteiger partial charge in [0, 0.05) is 5.56 Å². The van der Waals surface area contributed by atoms with Gasteiger partial charge in [0.05, 0.1) is 12.1 Å². The molecule has 0 atom stereocenters. The standard InChI is InChI=1S/C9H11ClFNO/c1-13-8-3-2-7(11)6(4-5-12)9(8)10/h2-3H,4-5,12H2,1H3. The van der Waals surface area contributed by atoms with Gasteiger partial charge in [0.1, 0.15) is 11.6 Å². The van der Waals surface area contributed by atoms with Gasteiger partial charge in [-0.1, -0.05) is 11.6 Å². The molecular formula is C9H11ClFNO. The predicted octanol–water partition coefficient (Wildman–Crippen LogP) is 1.99. The Bertz CT molecular complexity index is 304. The van der Waals surface area contributed by atoms with E-state index in [2.05, 4.69) is 0 Å². The van der Waals surface area contributed by atoms with E-state index in [1.165, 1.54) is 19.2 Å². The van der Waals surface area contributed by atoms with Crippen LogP contribution in [0.3, 0.4) is 0 Å². The fraction of sp³-hybridized carbons (Fsp3) is 0.333. The fourth-order valence-electron chi connectivity index (χ4n) is 1.11. The molecule has 2 nitrogen and oxygen atoms in total. The van der Waals surface area contributed by atoms with Crippen molar-refractivity contribution in [3.05, 3.63) is 28.5 Å². The number of ether oxygens (including phenoxy) is 1. The first kappa shape index (κ1) is 10.3. The summed E-state index contributed by atoms with van der Waals surface area (Å²) in [6.07, 6.45) is 0.419. The van der Waals surface area contributed by atoms with Gasteiger partial charge >= 0.3 is 0 Å². The van der Waals surface area contributed by atoms with Crippen LogP contribution in [0.25, 0.3) is 0 Å². The highest BCUT2D eigenvalue weighted by atomic mass is 35.5. The van der Waals surface area contributed by atoms with E-state index < -0.39 is 0 Å². The van der Waals surface area contributed by atoms with Crippen LogP contribution < -0.4 is 10.5 Å². The zero-order valence-electron chi connectivity index (χ0n) is 7.31. The second-order valence-corrected chi connectivity index (χ2v) is 2.96. The lowest BCUT2D eigenvalue weighted by molar-refractivity contribution is 0.413. The Morgan fingerprint density at radius 2 is 2.23 bits per heavy atom. The smallest absolute Gasteiger partial charge is 0.137 e. The van der Waals surface area contributed by atoms with Crippen LogP contribution in [0.5, 0.6) is 5.75 Å². The number of rotatable bonds is 3. The van der Waals surface area contributed by atoms with Crippen LogP contribution in [0.1, 0.15) is 5.56 Å². The number of nitrogens with two attached hydrogens (primary N) is 1. The molecule has 0 aliphatic rings. The van der Waals surface area contributed by atoms with Crippen molar-refractivity contribution in [1.29, 1.82) is 0 Å². The molecule has 1 rings (SSSR count). The first-order valence-corrected chi connectivity index (χ1v) is 4.29. The maximum atomic E-state index is 13.2. The van der Waals surface area contributed by atoms with E-state index in [4.69, 9.17) is 22.1 Å². The normalized spacial score (nSPS) is 10.2. The highest BCUT2D eigenvalue weighted by Gasteiger charge is 2.10. The predicted molar refractivity (Wildman–Crippen MR) is 50.7 cm³/mol. The van der Waals surface area contributed by atoms with Crippen LogP contribution in [-0.2, 0) is 6.42 Å². The van der Waals surface area contributed by atoms with Crippen LogP contribution in [0.4, 0.5) is 4.39 Å². The van der Waals surface area contributed by atoms with Gasteiger partial charge in [-0.05, 0) is 25.1 Å². The summed E-state index contributed by atoms with van der Waals surface area (Å²) in [4.78, 5) is 0. The average Bonchev–Trinajstić information content (AvgIpc) is 2.12. The summed E-state index contributed by atoms with van der Waals surface area (Å²) in [5.74, 6) is 0.141. The minimum atomic E-state index is -0.337. The minimum Gasteiger partial charge on any atom is -0.495 e. The van der Waals surface area contributed by atoms with E-state index in [0.717, 1.165) is 0 Å². The van der Waals surface area contributed by atoms with E-state index in [0.29, 0.717) is 29.3 Å². The summed E-state index contributed by atoms with van der Waals surface area (Å²) >= 11 is 5.87. The molecule has 2 N–H and O–H groups in total. The molecule has 1 aromatic carbocycles. The van der Waals surface area contributed by atoms with Crippen molar-refractivity contribution in [1.82, 2.24) is 0 Å². The molecule has 13 heavy (non-hydrogen) atoms. The molecule has 72 valence electrons. The number of methoxy groups -OCH3 is 1. The molecule has 0 spiro atoms. The first-order valence-electron chi connectivity index (χ1n) is 3.91.